The van der Waals surface area contributed by atoms with Gasteiger partial charge in [0.2, 0.25) is 12.3 Å². The Morgan fingerprint density at radius 2 is 1.69 bits per heavy atom. The Morgan fingerprint density at radius 3 is 2.17 bits per heavy atom. The summed E-state index contributed by atoms with van der Waals surface area (Å²) in [5.41, 5.74) is 0.866. The fourth-order valence-corrected chi connectivity index (χ4v) is 2.30. The lowest BCUT2D eigenvalue weighted by atomic mass is 10.2. The Kier molecular flexibility index (Phi) is 16.2. The predicted octanol–water partition coefficient (Wildman–Crippen LogP) is 5.47. The Balaban J connectivity index is 0.00000113. The number of nitrogens with one attached hydrogen (secondary N) is 1. The molecule has 1 aromatic rings. The van der Waals surface area contributed by atoms with Crippen molar-refractivity contribution in [2.45, 2.75) is 52.9 Å². The van der Waals surface area contributed by atoms with Crippen molar-refractivity contribution < 1.29 is 9.59 Å². The van der Waals surface area contributed by atoms with E-state index in [4.69, 9.17) is 11.6 Å². The number of nitrogens with zero attached hydrogens (tertiary/aromatic N) is 2. The van der Waals surface area contributed by atoms with Crippen molar-refractivity contribution in [3.63, 3.8) is 0 Å². The molecule has 0 aliphatic heterocycles. The number of aliphatic imine (C=N–C) groups is 1. The first-order valence-electron chi connectivity index (χ1n) is 10.1. The Morgan fingerprint density at radius 1 is 1.07 bits per heavy atom. The fourth-order valence-electron chi connectivity index (χ4n) is 2.17. The molecular weight excluding hydrogens is 386 g/mol. The molecule has 1 rings (SSSR count). The zero-order chi connectivity index (χ0) is 21.9. The average Bonchev–Trinajstić information content (AvgIpc) is 2.74. The highest BCUT2D eigenvalue weighted by molar-refractivity contribution is 6.30. The zero-order valence-corrected chi connectivity index (χ0v) is 18.8. The molecule has 0 aromatic heterocycles. The molecule has 0 aliphatic carbocycles. The minimum Gasteiger partial charge on any atom is -0.322 e. The molecule has 0 saturated carbocycles. The number of halogens is 1. The van der Waals surface area contributed by atoms with E-state index >= 15 is 0 Å². The molecule has 160 valence electrons. The minimum atomic E-state index is -0.307. The smallest absolute Gasteiger partial charge is 0.249 e. The van der Waals surface area contributed by atoms with Crippen LogP contribution in [0.5, 0.6) is 0 Å². The summed E-state index contributed by atoms with van der Waals surface area (Å²) in [4.78, 5) is 28.2. The molecule has 5 nitrogen and oxygen atoms in total. The Hall–Kier alpha value is -2.40. The highest BCUT2D eigenvalue weighted by Gasteiger charge is 2.00. The molecule has 0 bridgehead atoms. The molecule has 1 aromatic carbocycles. The zero-order valence-electron chi connectivity index (χ0n) is 18.0. The van der Waals surface area contributed by atoms with E-state index in [0.717, 1.165) is 18.4 Å². The van der Waals surface area contributed by atoms with Crippen LogP contribution in [-0.4, -0.2) is 36.6 Å². The van der Waals surface area contributed by atoms with E-state index in [1.165, 1.54) is 36.7 Å². The largest absolute Gasteiger partial charge is 0.322 e. The summed E-state index contributed by atoms with van der Waals surface area (Å²) in [5, 5.41) is 3.28. The van der Waals surface area contributed by atoms with Crippen LogP contribution in [0.1, 0.15) is 58.4 Å². The third-order valence-corrected chi connectivity index (χ3v) is 4.04. The maximum absolute atomic E-state index is 11.9. The first kappa shape index (κ1) is 26.6. The van der Waals surface area contributed by atoms with Gasteiger partial charge in [-0.25, -0.2) is 0 Å². The van der Waals surface area contributed by atoms with E-state index in [0.29, 0.717) is 17.4 Å². The number of unbranched alkanes of at least 4 members (excludes halogenated alkanes) is 3. The van der Waals surface area contributed by atoms with E-state index < -0.39 is 0 Å². The van der Waals surface area contributed by atoms with Crippen LogP contribution in [0, 0.1) is 0 Å². The van der Waals surface area contributed by atoms with E-state index in [2.05, 4.69) is 24.2 Å². The van der Waals surface area contributed by atoms with Crippen LogP contribution in [0.3, 0.4) is 0 Å². The van der Waals surface area contributed by atoms with Crippen LogP contribution in [0.25, 0.3) is 6.08 Å². The summed E-state index contributed by atoms with van der Waals surface area (Å²) in [6.07, 6.45) is 13.4. The lowest BCUT2D eigenvalue weighted by Crippen LogP contribution is -2.28. The number of carbonyl (C=O) groups excluding carboxylic acids is 2. The van der Waals surface area contributed by atoms with Gasteiger partial charge in [0.25, 0.3) is 0 Å². The molecular formula is C23H34ClN3O2. The fraction of sp³-hybridized carbons (Fsp3) is 0.435. The summed E-state index contributed by atoms with van der Waals surface area (Å²) in [6.45, 7) is 7.05. The lowest BCUT2D eigenvalue weighted by molar-refractivity contribution is -0.116. The molecule has 0 atom stereocenters. The van der Waals surface area contributed by atoms with Crippen molar-refractivity contribution >= 4 is 35.8 Å². The van der Waals surface area contributed by atoms with Crippen LogP contribution in [0.4, 0.5) is 0 Å². The average molecular weight is 420 g/mol. The van der Waals surface area contributed by atoms with Crippen molar-refractivity contribution in [2.75, 3.05) is 13.6 Å². The number of carbonyl (C=O) groups is 2. The molecule has 2 amide bonds. The van der Waals surface area contributed by atoms with Crippen LogP contribution in [0.15, 0.2) is 47.6 Å². The van der Waals surface area contributed by atoms with Gasteiger partial charge in [0, 0.05) is 30.9 Å². The maximum atomic E-state index is 11.9. The second-order valence-electron chi connectivity index (χ2n) is 6.35. The monoisotopic (exact) mass is 419 g/mol. The van der Waals surface area contributed by atoms with Gasteiger partial charge in [-0.1, -0.05) is 70.2 Å². The molecule has 0 aliphatic rings. The Bertz CT molecular complexity index is 663. The van der Waals surface area contributed by atoms with Crippen LogP contribution in [-0.2, 0) is 9.59 Å². The number of hydrogen-bond donors (Lipinski definition) is 1. The van der Waals surface area contributed by atoms with E-state index in [9.17, 15) is 9.59 Å². The molecule has 0 spiro atoms. The van der Waals surface area contributed by atoms with Crippen molar-refractivity contribution in [1.29, 1.82) is 0 Å². The third-order valence-electron chi connectivity index (χ3n) is 3.79. The van der Waals surface area contributed by atoms with E-state index in [1.54, 1.807) is 37.5 Å². The first-order valence-corrected chi connectivity index (χ1v) is 10.5. The van der Waals surface area contributed by atoms with Gasteiger partial charge < -0.3 is 10.2 Å². The second kappa shape index (κ2) is 17.7. The van der Waals surface area contributed by atoms with Gasteiger partial charge in [0.1, 0.15) is 5.84 Å². The van der Waals surface area contributed by atoms with Crippen LogP contribution >= 0.6 is 11.6 Å². The van der Waals surface area contributed by atoms with Crippen molar-refractivity contribution in [3.8, 4) is 0 Å². The van der Waals surface area contributed by atoms with Gasteiger partial charge in [-0.05, 0) is 36.3 Å². The highest BCUT2D eigenvalue weighted by Crippen LogP contribution is 2.10. The standard InChI is InChI=1S/C17H20ClN3O2.C6H14/c1-3-11-21(13-22)12-10-16(19-2)20-17(23)9-6-14-4-7-15(18)8-5-14;1-3-5-6-4-2/h4-10,12-13H,3,11H2,1-2H3,(H,19,20,23);3-6H2,1-2H3/b9-6+,12-10-;. The van der Waals surface area contributed by atoms with Gasteiger partial charge in [0.05, 0.1) is 0 Å². The first-order chi connectivity index (χ1) is 14.0. The van der Waals surface area contributed by atoms with Crippen molar-refractivity contribution in [1.82, 2.24) is 10.2 Å². The summed E-state index contributed by atoms with van der Waals surface area (Å²) in [6, 6.07) is 7.13. The SMILES string of the molecule is CCCCCC.CCCN(C=O)/C=C\C(=NC)NC(=O)/C=C/c1ccc(Cl)cc1. The summed E-state index contributed by atoms with van der Waals surface area (Å²) >= 11 is 5.80. The quantitative estimate of drug-likeness (QED) is 0.180. The number of amides is 2. The van der Waals surface area contributed by atoms with Gasteiger partial charge >= 0.3 is 0 Å². The summed E-state index contributed by atoms with van der Waals surface area (Å²) < 4.78 is 0. The van der Waals surface area contributed by atoms with E-state index in [-0.39, 0.29) is 5.91 Å². The molecule has 1 N–H and O–H groups in total. The molecule has 29 heavy (non-hydrogen) atoms. The molecule has 6 heteroatoms. The van der Waals surface area contributed by atoms with Crippen molar-refractivity contribution in [2.24, 2.45) is 4.99 Å². The van der Waals surface area contributed by atoms with Gasteiger partial charge in [-0.15, -0.1) is 0 Å². The molecule has 0 saturated heterocycles. The summed E-state index contributed by atoms with van der Waals surface area (Å²) in [7, 11) is 1.56. The highest BCUT2D eigenvalue weighted by atomic mass is 35.5. The lowest BCUT2D eigenvalue weighted by Gasteiger charge is -2.10. The Labute approximate surface area is 180 Å². The predicted molar refractivity (Wildman–Crippen MR) is 124 cm³/mol. The topological polar surface area (TPSA) is 61.8 Å². The van der Waals surface area contributed by atoms with Crippen molar-refractivity contribution in [3.05, 3.63) is 53.2 Å². The van der Waals surface area contributed by atoms with Gasteiger partial charge in [-0.2, -0.15) is 0 Å². The number of rotatable bonds is 10. The van der Waals surface area contributed by atoms with Gasteiger partial charge in [-0.3, -0.25) is 14.6 Å². The molecule has 0 fully saturated rings. The van der Waals surface area contributed by atoms with E-state index in [1.807, 2.05) is 19.1 Å². The minimum absolute atomic E-state index is 0.307. The summed E-state index contributed by atoms with van der Waals surface area (Å²) in [5.74, 6) is 0.0667. The molecule has 0 unspecified atom stereocenters. The number of hydrogen-bond acceptors (Lipinski definition) is 3. The van der Waals surface area contributed by atoms with Gasteiger partial charge in [0.15, 0.2) is 0 Å². The maximum Gasteiger partial charge on any atom is 0.249 e. The molecule has 0 radical (unpaired) electrons. The second-order valence-corrected chi connectivity index (χ2v) is 6.79. The number of amidine groups is 1. The third kappa shape index (κ3) is 14.3. The van der Waals surface area contributed by atoms with Crippen LogP contribution < -0.4 is 5.32 Å². The normalized spacial score (nSPS) is 11.3. The molecule has 0 heterocycles. The van der Waals surface area contributed by atoms with Crippen LogP contribution in [0.2, 0.25) is 5.02 Å². The number of benzene rings is 1.